The molecule has 1 N–H and O–H groups in total. The van der Waals surface area contributed by atoms with E-state index in [0.29, 0.717) is 0 Å². The van der Waals surface area contributed by atoms with Gasteiger partial charge < -0.3 is 9.67 Å². The maximum atomic E-state index is 11.8. The average Bonchev–Trinajstić information content (AvgIpc) is 2.95. The van der Waals surface area contributed by atoms with Crippen molar-refractivity contribution in [3.05, 3.63) is 78.4 Å². The van der Waals surface area contributed by atoms with Crippen LogP contribution in [0.5, 0.6) is 0 Å². The number of carboxylic acid groups (broad SMARTS) is 1. The van der Waals surface area contributed by atoms with Gasteiger partial charge in [-0.2, -0.15) is 0 Å². The molecule has 4 heteroatoms. The fourth-order valence-electron chi connectivity index (χ4n) is 3.09. The van der Waals surface area contributed by atoms with Crippen LogP contribution in [0.1, 0.15) is 10.4 Å². The van der Waals surface area contributed by atoms with E-state index in [0.717, 1.165) is 27.5 Å². The van der Waals surface area contributed by atoms with Crippen LogP contribution in [-0.4, -0.2) is 21.4 Å². The fourth-order valence-corrected chi connectivity index (χ4v) is 3.09. The van der Waals surface area contributed by atoms with Crippen LogP contribution >= 0.6 is 0 Å². The van der Waals surface area contributed by atoms with Gasteiger partial charge in [0.1, 0.15) is 0 Å². The molecule has 0 aliphatic heterocycles. The number of hydrogen-bond donors (Lipinski definition) is 1. The third-order valence-electron chi connectivity index (χ3n) is 4.14. The Morgan fingerprint density at radius 1 is 0.750 bits per heavy atom. The van der Waals surface area contributed by atoms with Crippen LogP contribution in [0, 0.1) is 0 Å². The third-order valence-corrected chi connectivity index (χ3v) is 4.14. The summed E-state index contributed by atoms with van der Waals surface area (Å²) in [5, 5.41) is 10.8. The highest BCUT2D eigenvalue weighted by molar-refractivity contribution is 6.40. The minimum atomic E-state index is -1.44. The number of ketones is 1. The monoisotopic (exact) mass is 315 g/mol. The Morgan fingerprint density at radius 2 is 1.42 bits per heavy atom. The summed E-state index contributed by atoms with van der Waals surface area (Å²) in [6.45, 7) is 0. The lowest BCUT2D eigenvalue weighted by molar-refractivity contribution is -0.131. The molecular weight excluding hydrogens is 302 g/mol. The van der Waals surface area contributed by atoms with Gasteiger partial charge in [0.15, 0.2) is 0 Å². The Bertz CT molecular complexity index is 1090. The second-order valence-electron chi connectivity index (χ2n) is 5.55. The van der Waals surface area contributed by atoms with E-state index in [1.807, 2.05) is 54.6 Å². The molecule has 0 amide bonds. The number of rotatable bonds is 3. The first-order chi connectivity index (χ1) is 11.7. The van der Waals surface area contributed by atoms with Gasteiger partial charge in [0, 0.05) is 22.0 Å². The van der Waals surface area contributed by atoms with Crippen LogP contribution in [0.4, 0.5) is 0 Å². The van der Waals surface area contributed by atoms with Crippen molar-refractivity contribution in [2.75, 3.05) is 0 Å². The normalized spacial score (nSPS) is 11.0. The summed E-state index contributed by atoms with van der Waals surface area (Å²) in [6.07, 6.45) is 0. The number of aromatic nitrogens is 1. The molecule has 0 saturated carbocycles. The van der Waals surface area contributed by atoms with E-state index in [2.05, 4.69) is 4.57 Å². The van der Waals surface area contributed by atoms with E-state index in [1.54, 1.807) is 18.2 Å². The van der Waals surface area contributed by atoms with Gasteiger partial charge >= 0.3 is 5.97 Å². The number of para-hydroxylation sites is 2. The highest BCUT2D eigenvalue weighted by Gasteiger charge is 2.18. The van der Waals surface area contributed by atoms with Gasteiger partial charge in [-0.15, -0.1) is 0 Å². The summed E-state index contributed by atoms with van der Waals surface area (Å²) in [4.78, 5) is 22.8. The van der Waals surface area contributed by atoms with Gasteiger partial charge in [0.2, 0.25) is 0 Å². The first-order valence-electron chi connectivity index (χ1n) is 7.53. The first-order valence-corrected chi connectivity index (χ1v) is 7.53. The van der Waals surface area contributed by atoms with Gasteiger partial charge in [-0.25, -0.2) is 4.79 Å². The molecule has 0 unspecified atom stereocenters. The van der Waals surface area contributed by atoms with Gasteiger partial charge in [-0.3, -0.25) is 4.79 Å². The van der Waals surface area contributed by atoms with Crippen molar-refractivity contribution in [3.63, 3.8) is 0 Å². The van der Waals surface area contributed by atoms with Crippen molar-refractivity contribution < 1.29 is 14.7 Å². The summed E-state index contributed by atoms with van der Waals surface area (Å²) in [6, 6.07) is 22.9. The second-order valence-corrected chi connectivity index (χ2v) is 5.55. The zero-order valence-electron chi connectivity index (χ0n) is 12.6. The summed E-state index contributed by atoms with van der Waals surface area (Å²) in [5.74, 6) is -2.34. The minimum absolute atomic E-state index is 0.186. The van der Waals surface area contributed by atoms with Crippen molar-refractivity contribution in [1.82, 2.24) is 4.57 Å². The number of carbonyl (C=O) groups is 2. The number of Topliss-reactive ketones (excluding diaryl/α,β-unsaturated/α-hetero) is 1. The maximum Gasteiger partial charge on any atom is 0.377 e. The Hall–Kier alpha value is -3.40. The molecule has 116 valence electrons. The predicted octanol–water partition coefficient (Wildman–Crippen LogP) is 4.05. The Kier molecular flexibility index (Phi) is 3.17. The van der Waals surface area contributed by atoms with Crippen LogP contribution in [0.2, 0.25) is 0 Å². The molecule has 4 aromatic rings. The van der Waals surface area contributed by atoms with Crippen LogP contribution in [0.15, 0.2) is 72.8 Å². The van der Waals surface area contributed by atoms with Crippen molar-refractivity contribution in [3.8, 4) is 5.69 Å². The number of fused-ring (bicyclic) bond motifs is 3. The third kappa shape index (κ3) is 2.08. The number of carbonyl (C=O) groups excluding carboxylic acids is 1. The molecule has 1 aromatic heterocycles. The molecule has 0 aliphatic rings. The zero-order valence-corrected chi connectivity index (χ0v) is 12.6. The minimum Gasteiger partial charge on any atom is -0.475 e. The Labute approximate surface area is 137 Å². The molecule has 0 radical (unpaired) electrons. The molecule has 0 saturated heterocycles. The van der Waals surface area contributed by atoms with Gasteiger partial charge in [-0.05, 0) is 36.4 Å². The fraction of sp³-hybridized carbons (Fsp3) is 0. The van der Waals surface area contributed by atoms with E-state index in [-0.39, 0.29) is 5.56 Å². The zero-order chi connectivity index (χ0) is 16.7. The lowest BCUT2D eigenvalue weighted by atomic mass is 10.1. The SMILES string of the molecule is O=C(O)C(=O)c1ccc2c(c1)c1ccccc1n2-c1ccccc1. The highest BCUT2D eigenvalue weighted by Crippen LogP contribution is 2.32. The quantitative estimate of drug-likeness (QED) is 0.458. The largest absolute Gasteiger partial charge is 0.475 e. The molecule has 3 aromatic carbocycles. The number of nitrogens with zero attached hydrogens (tertiary/aromatic N) is 1. The molecule has 0 atom stereocenters. The van der Waals surface area contributed by atoms with Gasteiger partial charge in [0.25, 0.3) is 5.78 Å². The molecule has 0 fully saturated rings. The smallest absolute Gasteiger partial charge is 0.377 e. The topological polar surface area (TPSA) is 59.3 Å². The molecule has 4 nitrogen and oxygen atoms in total. The standard InChI is InChI=1S/C20H13NO3/c22-19(20(23)24)13-10-11-18-16(12-13)15-8-4-5-9-17(15)21(18)14-6-2-1-3-7-14/h1-12H,(H,23,24). The number of aliphatic carboxylic acids is 1. The number of benzene rings is 3. The van der Waals surface area contributed by atoms with E-state index in [9.17, 15) is 9.59 Å². The van der Waals surface area contributed by atoms with Crippen LogP contribution in [0.3, 0.4) is 0 Å². The van der Waals surface area contributed by atoms with Gasteiger partial charge in [-0.1, -0.05) is 36.4 Å². The summed E-state index contributed by atoms with van der Waals surface area (Å²) in [7, 11) is 0. The molecule has 24 heavy (non-hydrogen) atoms. The van der Waals surface area contributed by atoms with E-state index < -0.39 is 11.8 Å². The van der Waals surface area contributed by atoms with E-state index in [1.165, 1.54) is 0 Å². The van der Waals surface area contributed by atoms with Crippen molar-refractivity contribution >= 4 is 33.6 Å². The first kappa shape index (κ1) is 14.2. The van der Waals surface area contributed by atoms with Crippen LogP contribution in [-0.2, 0) is 4.79 Å². The van der Waals surface area contributed by atoms with Crippen LogP contribution in [0.25, 0.3) is 27.5 Å². The van der Waals surface area contributed by atoms with Gasteiger partial charge in [0.05, 0.1) is 11.0 Å². The van der Waals surface area contributed by atoms with Crippen LogP contribution < -0.4 is 0 Å². The maximum absolute atomic E-state index is 11.8. The molecule has 0 bridgehead atoms. The predicted molar refractivity (Wildman–Crippen MR) is 92.7 cm³/mol. The molecule has 1 heterocycles. The molecular formula is C20H13NO3. The molecule has 0 aliphatic carbocycles. The van der Waals surface area contributed by atoms with E-state index >= 15 is 0 Å². The molecule has 4 rings (SSSR count). The summed E-state index contributed by atoms with van der Waals surface area (Å²) >= 11 is 0. The number of carboxylic acids is 1. The average molecular weight is 315 g/mol. The van der Waals surface area contributed by atoms with Crippen molar-refractivity contribution in [2.24, 2.45) is 0 Å². The number of hydrogen-bond acceptors (Lipinski definition) is 2. The Balaban J connectivity index is 2.09. The summed E-state index contributed by atoms with van der Waals surface area (Å²) < 4.78 is 2.11. The van der Waals surface area contributed by atoms with Crippen molar-refractivity contribution in [1.29, 1.82) is 0 Å². The summed E-state index contributed by atoms with van der Waals surface area (Å²) in [5.41, 5.74) is 3.15. The molecule has 0 spiro atoms. The van der Waals surface area contributed by atoms with E-state index in [4.69, 9.17) is 5.11 Å². The lowest BCUT2D eigenvalue weighted by Gasteiger charge is -2.07. The lowest BCUT2D eigenvalue weighted by Crippen LogP contribution is -2.12. The second kappa shape index (κ2) is 5.35. The van der Waals surface area contributed by atoms with Crippen molar-refractivity contribution in [2.45, 2.75) is 0 Å². The Morgan fingerprint density at radius 3 is 2.17 bits per heavy atom. The highest BCUT2D eigenvalue weighted by atomic mass is 16.4.